The first kappa shape index (κ1) is 17.8. The number of aliphatic carboxylic acids is 1. The van der Waals surface area contributed by atoms with Crippen molar-refractivity contribution in [2.24, 2.45) is 5.92 Å². The fraction of sp³-hybridized carbons (Fsp3) is 0.647. The number of hydrogen-bond donors (Lipinski definition) is 2. The van der Waals surface area contributed by atoms with Crippen LogP contribution in [0.15, 0.2) is 5.38 Å². The van der Waals surface area contributed by atoms with E-state index < -0.39 is 5.97 Å². The van der Waals surface area contributed by atoms with E-state index in [1.807, 2.05) is 0 Å². The van der Waals surface area contributed by atoms with E-state index in [1.54, 1.807) is 10.3 Å². The van der Waals surface area contributed by atoms with Gasteiger partial charge in [0.25, 0.3) is 0 Å². The Kier molecular flexibility index (Phi) is 5.67. The molecule has 0 saturated heterocycles. The van der Waals surface area contributed by atoms with Crippen LogP contribution in [0.1, 0.15) is 50.6 Å². The summed E-state index contributed by atoms with van der Waals surface area (Å²) >= 11 is 1.20. The summed E-state index contributed by atoms with van der Waals surface area (Å²) < 4.78 is 0. The van der Waals surface area contributed by atoms with Crippen LogP contribution in [-0.4, -0.2) is 45.4 Å². The van der Waals surface area contributed by atoms with Crippen LogP contribution in [0.25, 0.3) is 0 Å². The van der Waals surface area contributed by atoms with Crippen LogP contribution in [0.3, 0.4) is 0 Å². The van der Waals surface area contributed by atoms with E-state index in [-0.39, 0.29) is 36.7 Å². The first-order chi connectivity index (χ1) is 12.0. The van der Waals surface area contributed by atoms with E-state index in [0.717, 1.165) is 38.5 Å². The Morgan fingerprint density at radius 3 is 2.56 bits per heavy atom. The quantitative estimate of drug-likeness (QED) is 0.772. The molecule has 2 aliphatic carbocycles. The highest BCUT2D eigenvalue weighted by molar-refractivity contribution is 7.13. The van der Waals surface area contributed by atoms with Gasteiger partial charge in [0.1, 0.15) is 6.54 Å². The van der Waals surface area contributed by atoms with Crippen molar-refractivity contribution in [3.05, 3.63) is 11.1 Å². The van der Waals surface area contributed by atoms with Crippen LogP contribution in [0.2, 0.25) is 0 Å². The van der Waals surface area contributed by atoms with Crippen molar-refractivity contribution in [1.82, 2.24) is 9.88 Å². The van der Waals surface area contributed by atoms with Crippen molar-refractivity contribution < 1.29 is 19.5 Å². The van der Waals surface area contributed by atoms with Crippen molar-refractivity contribution in [1.29, 1.82) is 0 Å². The molecule has 0 spiro atoms. The number of thiazole rings is 1. The summed E-state index contributed by atoms with van der Waals surface area (Å²) in [5.41, 5.74) is 0.421. The molecule has 2 saturated carbocycles. The minimum absolute atomic E-state index is 0.0494. The van der Waals surface area contributed by atoms with Crippen LogP contribution in [0, 0.1) is 5.92 Å². The van der Waals surface area contributed by atoms with E-state index in [1.165, 1.54) is 17.8 Å². The number of rotatable bonds is 7. The number of amides is 2. The minimum atomic E-state index is -0.957. The maximum absolute atomic E-state index is 12.8. The predicted molar refractivity (Wildman–Crippen MR) is 93.4 cm³/mol. The molecule has 0 unspecified atom stereocenters. The minimum Gasteiger partial charge on any atom is -0.481 e. The van der Waals surface area contributed by atoms with Crippen molar-refractivity contribution in [2.75, 3.05) is 11.9 Å². The zero-order valence-electron chi connectivity index (χ0n) is 14.1. The SMILES string of the molecule is O=C(O)Cc1csc(NC(=O)CN(C(=O)C2CCCCC2)C2CC2)n1. The lowest BCUT2D eigenvalue weighted by atomic mass is 9.88. The lowest BCUT2D eigenvalue weighted by Gasteiger charge is -2.28. The Balaban J connectivity index is 1.56. The average Bonchev–Trinajstić information content (AvgIpc) is 3.34. The number of carboxylic acids is 1. The van der Waals surface area contributed by atoms with E-state index in [2.05, 4.69) is 10.3 Å². The van der Waals surface area contributed by atoms with Gasteiger partial charge in [0.15, 0.2) is 5.13 Å². The monoisotopic (exact) mass is 365 g/mol. The molecule has 0 bridgehead atoms. The van der Waals surface area contributed by atoms with Gasteiger partial charge in [-0.1, -0.05) is 19.3 Å². The van der Waals surface area contributed by atoms with E-state index in [4.69, 9.17) is 5.11 Å². The molecule has 8 heteroatoms. The normalized spacial score (nSPS) is 17.9. The summed E-state index contributed by atoms with van der Waals surface area (Å²) in [6.07, 6.45) is 6.98. The first-order valence-electron chi connectivity index (χ1n) is 8.79. The second kappa shape index (κ2) is 7.95. The number of carbonyl (C=O) groups is 3. The van der Waals surface area contributed by atoms with Gasteiger partial charge in [-0.15, -0.1) is 11.3 Å². The van der Waals surface area contributed by atoms with Crippen LogP contribution in [-0.2, 0) is 20.8 Å². The zero-order valence-corrected chi connectivity index (χ0v) is 14.9. The van der Waals surface area contributed by atoms with Gasteiger partial charge in [-0.3, -0.25) is 14.4 Å². The molecule has 3 rings (SSSR count). The topological polar surface area (TPSA) is 99.6 Å². The molecule has 1 aromatic rings. The van der Waals surface area contributed by atoms with E-state index >= 15 is 0 Å². The van der Waals surface area contributed by atoms with Crippen LogP contribution >= 0.6 is 11.3 Å². The van der Waals surface area contributed by atoms with Gasteiger partial charge < -0.3 is 15.3 Å². The Hall–Kier alpha value is -1.96. The molecule has 25 heavy (non-hydrogen) atoms. The third-order valence-corrected chi connectivity index (χ3v) is 5.48. The summed E-state index contributed by atoms with van der Waals surface area (Å²) in [6.45, 7) is 0.0494. The number of aromatic nitrogens is 1. The zero-order chi connectivity index (χ0) is 17.8. The number of carbonyl (C=O) groups excluding carboxylic acids is 2. The summed E-state index contributed by atoms with van der Waals surface area (Å²) in [5, 5.41) is 13.4. The van der Waals surface area contributed by atoms with Gasteiger partial charge in [-0.25, -0.2) is 4.98 Å². The first-order valence-corrected chi connectivity index (χ1v) is 9.67. The summed E-state index contributed by atoms with van der Waals surface area (Å²) in [6, 6.07) is 0.194. The van der Waals surface area contributed by atoms with Gasteiger partial charge in [0.2, 0.25) is 11.8 Å². The second-order valence-electron chi connectivity index (χ2n) is 6.79. The van der Waals surface area contributed by atoms with E-state index in [9.17, 15) is 14.4 Å². The Bertz CT molecular complexity index is 650. The Morgan fingerprint density at radius 2 is 1.92 bits per heavy atom. The summed E-state index contributed by atoms with van der Waals surface area (Å²) in [4.78, 5) is 41.6. The lowest BCUT2D eigenvalue weighted by Crippen LogP contribution is -2.43. The molecule has 2 amide bonds. The Labute approximate surface area is 150 Å². The standard InChI is InChI=1S/C17H23N3O4S/c21-14(19-17-18-12(10-25-17)8-15(22)23)9-20(13-6-7-13)16(24)11-4-2-1-3-5-11/h10-11,13H,1-9H2,(H,22,23)(H,18,19,21). The molecular formula is C17H23N3O4S. The largest absolute Gasteiger partial charge is 0.481 e. The molecule has 0 aliphatic heterocycles. The summed E-state index contributed by atoms with van der Waals surface area (Å²) in [7, 11) is 0. The van der Waals surface area contributed by atoms with Gasteiger partial charge in [0.05, 0.1) is 12.1 Å². The lowest BCUT2D eigenvalue weighted by molar-refractivity contribution is -0.140. The highest BCUT2D eigenvalue weighted by atomic mass is 32.1. The fourth-order valence-corrected chi connectivity index (χ4v) is 4.00. The molecular weight excluding hydrogens is 342 g/mol. The number of carboxylic acid groups (broad SMARTS) is 1. The fourth-order valence-electron chi connectivity index (χ4n) is 3.27. The third kappa shape index (κ3) is 5.01. The molecule has 136 valence electrons. The van der Waals surface area contributed by atoms with E-state index in [0.29, 0.717) is 10.8 Å². The number of nitrogens with one attached hydrogen (secondary N) is 1. The molecule has 2 aliphatic rings. The second-order valence-corrected chi connectivity index (χ2v) is 7.65. The number of anilines is 1. The molecule has 0 atom stereocenters. The average molecular weight is 365 g/mol. The van der Waals surface area contributed by atoms with Crippen molar-refractivity contribution in [3.63, 3.8) is 0 Å². The smallest absolute Gasteiger partial charge is 0.309 e. The van der Waals surface area contributed by atoms with Gasteiger partial charge in [-0.05, 0) is 25.7 Å². The van der Waals surface area contributed by atoms with Crippen molar-refractivity contribution in [2.45, 2.75) is 57.4 Å². The molecule has 1 aromatic heterocycles. The number of hydrogen-bond acceptors (Lipinski definition) is 5. The predicted octanol–water partition coefficient (Wildman–Crippen LogP) is 2.28. The molecule has 2 fully saturated rings. The molecule has 2 N–H and O–H groups in total. The highest BCUT2D eigenvalue weighted by Crippen LogP contribution is 2.32. The maximum atomic E-state index is 12.8. The van der Waals surface area contributed by atoms with Gasteiger partial charge >= 0.3 is 5.97 Å². The molecule has 1 heterocycles. The van der Waals surface area contributed by atoms with Crippen LogP contribution < -0.4 is 5.32 Å². The molecule has 7 nitrogen and oxygen atoms in total. The maximum Gasteiger partial charge on any atom is 0.309 e. The number of nitrogens with zero attached hydrogens (tertiary/aromatic N) is 2. The van der Waals surface area contributed by atoms with Crippen LogP contribution in [0.5, 0.6) is 0 Å². The van der Waals surface area contributed by atoms with Gasteiger partial charge in [0, 0.05) is 17.3 Å². The Morgan fingerprint density at radius 1 is 1.20 bits per heavy atom. The molecule has 0 radical (unpaired) electrons. The van der Waals surface area contributed by atoms with Crippen LogP contribution in [0.4, 0.5) is 5.13 Å². The van der Waals surface area contributed by atoms with Crippen molar-refractivity contribution >= 4 is 34.3 Å². The van der Waals surface area contributed by atoms with Gasteiger partial charge in [-0.2, -0.15) is 0 Å². The third-order valence-electron chi connectivity index (χ3n) is 4.67. The highest BCUT2D eigenvalue weighted by Gasteiger charge is 2.37. The summed E-state index contributed by atoms with van der Waals surface area (Å²) in [5.74, 6) is -1.05. The molecule has 0 aromatic carbocycles. The van der Waals surface area contributed by atoms with Crippen molar-refractivity contribution in [3.8, 4) is 0 Å².